The van der Waals surface area contributed by atoms with Crippen molar-refractivity contribution < 1.29 is 50.5 Å². The average molecular weight is 514 g/mol. The monoisotopic (exact) mass is 514 g/mol. The number of hydrogen-bond donors (Lipinski definition) is 0. The van der Waals surface area contributed by atoms with Crippen molar-refractivity contribution in [2.75, 3.05) is 0 Å². The summed E-state index contributed by atoms with van der Waals surface area (Å²) in [6, 6.07) is 0.179. The van der Waals surface area contributed by atoms with E-state index in [4.69, 9.17) is 0 Å². The molecule has 0 saturated heterocycles. The number of hydrogen-bond acceptors (Lipinski definition) is 1. The van der Waals surface area contributed by atoms with Crippen molar-refractivity contribution in [2.45, 2.75) is 49.5 Å². The first-order valence-corrected chi connectivity index (χ1v) is 11.5. The van der Waals surface area contributed by atoms with Gasteiger partial charge in [0.05, 0.1) is 0 Å². The third-order valence-electron chi connectivity index (χ3n) is 5.45. The Morgan fingerprint density at radius 1 is 0.758 bits per heavy atom. The first-order chi connectivity index (χ1) is 14.8. The van der Waals surface area contributed by atoms with E-state index in [9.17, 15) is 45.8 Å². The van der Waals surface area contributed by atoms with Crippen molar-refractivity contribution in [3.8, 4) is 5.75 Å². The SMILES string of the molecule is CC1CCC(c2cc(F)c(C(F)(F)Oc3cc(F)c(S(F)(F)(F)(F)F)c(F)c3)c(F)c2)CC1. The highest BCUT2D eigenvalue weighted by Crippen LogP contribution is 3.02. The molecule has 33 heavy (non-hydrogen) atoms. The minimum absolute atomic E-state index is 0.119. The molecule has 0 aliphatic heterocycles. The first-order valence-electron chi connectivity index (χ1n) is 9.58. The lowest BCUT2D eigenvalue weighted by molar-refractivity contribution is -0.189. The van der Waals surface area contributed by atoms with E-state index in [0.29, 0.717) is 30.9 Å². The Kier molecular flexibility index (Phi) is 5.71. The van der Waals surface area contributed by atoms with Crippen LogP contribution in [0.5, 0.6) is 5.75 Å². The van der Waals surface area contributed by atoms with Gasteiger partial charge in [0.2, 0.25) is 0 Å². The van der Waals surface area contributed by atoms with Crippen LogP contribution in [0.15, 0.2) is 29.2 Å². The van der Waals surface area contributed by atoms with Crippen molar-refractivity contribution in [3.63, 3.8) is 0 Å². The molecule has 0 unspecified atom stereocenters. The van der Waals surface area contributed by atoms with Crippen LogP contribution >= 0.6 is 10.2 Å². The molecular formula is C20H17F11OS. The Labute approximate surface area is 181 Å². The smallest absolute Gasteiger partial charge is 0.429 e. The van der Waals surface area contributed by atoms with Gasteiger partial charge in [-0.1, -0.05) is 39.2 Å². The number of alkyl halides is 2. The van der Waals surface area contributed by atoms with Crippen LogP contribution in [0.4, 0.5) is 45.8 Å². The molecule has 0 amide bonds. The van der Waals surface area contributed by atoms with Crippen molar-refractivity contribution in [3.05, 3.63) is 58.7 Å². The van der Waals surface area contributed by atoms with Crippen molar-refractivity contribution in [1.29, 1.82) is 0 Å². The van der Waals surface area contributed by atoms with Gasteiger partial charge in [-0.05, 0) is 42.4 Å². The standard InChI is InChI=1S/C20H17F11OS/c1-10-2-4-11(5-3-10)12-6-14(21)18(15(22)7-12)20(25,26)32-13-8-16(23)19(17(24)9-13)33(27,28,29,30)31/h6-11H,2-5H2,1H3. The molecule has 0 bridgehead atoms. The molecule has 13 heteroatoms. The summed E-state index contributed by atoms with van der Waals surface area (Å²) in [4.78, 5) is -3.55. The normalized spacial score (nSPS) is 21.9. The number of ether oxygens (including phenoxy) is 1. The topological polar surface area (TPSA) is 9.23 Å². The Morgan fingerprint density at radius 3 is 1.64 bits per heavy atom. The zero-order valence-corrected chi connectivity index (χ0v) is 17.6. The maximum Gasteiger partial charge on any atom is 0.432 e. The summed E-state index contributed by atoms with van der Waals surface area (Å²) >= 11 is 0. The van der Waals surface area contributed by atoms with Gasteiger partial charge >= 0.3 is 16.3 Å². The molecule has 2 aromatic carbocycles. The molecule has 1 nitrogen and oxygen atoms in total. The summed E-state index contributed by atoms with van der Waals surface area (Å²) in [6.07, 6.45) is -2.27. The Hall–Kier alpha value is -2.18. The van der Waals surface area contributed by atoms with E-state index < -0.39 is 67.9 Å². The van der Waals surface area contributed by atoms with Crippen LogP contribution in [-0.2, 0) is 6.11 Å². The molecule has 0 aromatic heterocycles. The molecule has 0 spiro atoms. The van der Waals surface area contributed by atoms with Crippen LogP contribution in [0, 0.1) is 29.2 Å². The summed E-state index contributed by atoms with van der Waals surface area (Å²) in [6.45, 7) is 1.99. The first kappa shape index (κ1) is 25.4. The van der Waals surface area contributed by atoms with Gasteiger partial charge in [0.1, 0.15) is 22.9 Å². The Balaban J connectivity index is 1.94. The molecule has 0 radical (unpaired) electrons. The predicted molar refractivity (Wildman–Crippen MR) is 99.0 cm³/mol. The molecule has 1 fully saturated rings. The molecule has 0 atom stereocenters. The van der Waals surface area contributed by atoms with Gasteiger partial charge in [0.15, 0.2) is 16.5 Å². The number of halogens is 11. The zero-order chi connectivity index (χ0) is 25.0. The van der Waals surface area contributed by atoms with Crippen LogP contribution in [0.1, 0.15) is 49.7 Å². The third-order valence-corrected chi connectivity index (χ3v) is 6.61. The van der Waals surface area contributed by atoms with Gasteiger partial charge in [0, 0.05) is 12.1 Å². The lowest BCUT2D eigenvalue weighted by atomic mass is 9.79. The fourth-order valence-electron chi connectivity index (χ4n) is 3.86. The van der Waals surface area contributed by atoms with Gasteiger partial charge in [-0.25, -0.2) is 17.6 Å². The van der Waals surface area contributed by atoms with Crippen LogP contribution in [0.25, 0.3) is 0 Å². The second-order valence-electron chi connectivity index (χ2n) is 8.12. The summed E-state index contributed by atoms with van der Waals surface area (Å²) in [5.74, 6) is -10.9. The molecular weight excluding hydrogens is 497 g/mol. The van der Waals surface area contributed by atoms with Crippen molar-refractivity contribution in [2.24, 2.45) is 5.92 Å². The van der Waals surface area contributed by atoms with Gasteiger partial charge in [-0.2, -0.15) is 8.78 Å². The third kappa shape index (κ3) is 5.49. The fourth-order valence-corrected chi connectivity index (χ4v) is 4.72. The lowest BCUT2D eigenvalue weighted by Gasteiger charge is -2.40. The van der Waals surface area contributed by atoms with E-state index in [1.54, 1.807) is 0 Å². The molecule has 186 valence electrons. The zero-order valence-electron chi connectivity index (χ0n) is 16.8. The van der Waals surface area contributed by atoms with E-state index in [2.05, 4.69) is 4.74 Å². The second-order valence-corrected chi connectivity index (χ2v) is 10.5. The fraction of sp³-hybridized carbons (Fsp3) is 0.400. The molecule has 1 aliphatic rings. The largest absolute Gasteiger partial charge is 0.432 e. The Bertz CT molecular complexity index is 1030. The molecule has 1 saturated carbocycles. The molecule has 0 heterocycles. The average Bonchev–Trinajstić information content (AvgIpc) is 2.57. The summed E-state index contributed by atoms with van der Waals surface area (Å²) in [5, 5.41) is 0. The molecule has 0 N–H and O–H groups in total. The summed E-state index contributed by atoms with van der Waals surface area (Å²) < 4.78 is 153. The number of benzene rings is 2. The molecule has 2 aromatic rings. The lowest BCUT2D eigenvalue weighted by Crippen LogP contribution is -2.26. The van der Waals surface area contributed by atoms with Crippen molar-refractivity contribution >= 4 is 10.2 Å². The summed E-state index contributed by atoms with van der Waals surface area (Å²) in [7, 11) is -10.8. The summed E-state index contributed by atoms with van der Waals surface area (Å²) in [5.41, 5.74) is -1.83. The van der Waals surface area contributed by atoms with E-state index >= 15 is 0 Å². The highest BCUT2D eigenvalue weighted by atomic mass is 32.5. The van der Waals surface area contributed by atoms with E-state index in [-0.39, 0.29) is 11.5 Å². The minimum atomic E-state index is -10.8. The van der Waals surface area contributed by atoms with Crippen LogP contribution in [0.3, 0.4) is 0 Å². The minimum Gasteiger partial charge on any atom is -0.429 e. The predicted octanol–water partition coefficient (Wildman–Crippen LogP) is 9.32. The van der Waals surface area contributed by atoms with Gasteiger partial charge in [0.25, 0.3) is 0 Å². The highest BCUT2D eigenvalue weighted by Gasteiger charge is 2.69. The molecule has 3 rings (SSSR count). The highest BCUT2D eigenvalue weighted by molar-refractivity contribution is 8.45. The Morgan fingerprint density at radius 2 is 1.21 bits per heavy atom. The maximum absolute atomic E-state index is 14.4. The van der Waals surface area contributed by atoms with Gasteiger partial charge in [-0.3, -0.25) is 0 Å². The second kappa shape index (κ2) is 7.41. The van der Waals surface area contributed by atoms with Crippen LogP contribution < -0.4 is 4.74 Å². The molecule has 1 aliphatic carbocycles. The van der Waals surface area contributed by atoms with E-state index in [1.165, 1.54) is 0 Å². The quantitative estimate of drug-likeness (QED) is 0.361. The maximum atomic E-state index is 14.4. The van der Waals surface area contributed by atoms with Crippen molar-refractivity contribution in [1.82, 2.24) is 0 Å². The number of rotatable bonds is 5. The van der Waals surface area contributed by atoms with Crippen LogP contribution in [-0.4, -0.2) is 0 Å². The van der Waals surface area contributed by atoms with Crippen LogP contribution in [0.2, 0.25) is 0 Å². The van der Waals surface area contributed by atoms with E-state index in [0.717, 1.165) is 12.8 Å². The van der Waals surface area contributed by atoms with Gasteiger partial charge in [-0.15, -0.1) is 0 Å². The van der Waals surface area contributed by atoms with E-state index in [1.807, 2.05) is 6.92 Å². The van der Waals surface area contributed by atoms with Gasteiger partial charge < -0.3 is 4.74 Å².